The van der Waals surface area contributed by atoms with E-state index in [9.17, 15) is 14.7 Å². The number of allylic oxidation sites excluding steroid dienone is 2. The van der Waals surface area contributed by atoms with Gasteiger partial charge in [-0.3, -0.25) is 4.79 Å². The number of aromatic carboxylic acids is 1. The molecule has 1 aromatic rings. The topological polar surface area (TPSA) is 59.3 Å². The smallest absolute Gasteiger partial charge is 0.353 e. The van der Waals surface area contributed by atoms with Crippen molar-refractivity contribution in [3.05, 3.63) is 34.7 Å². The number of carbonyl (C=O) groups excluding carboxylic acids is 1. The molecule has 4 nitrogen and oxygen atoms in total. The van der Waals surface area contributed by atoms with Crippen LogP contribution in [0.5, 0.6) is 0 Å². The lowest BCUT2D eigenvalue weighted by Gasteiger charge is -2.08. The van der Waals surface area contributed by atoms with Gasteiger partial charge in [-0.1, -0.05) is 19.1 Å². The Morgan fingerprint density at radius 2 is 2.12 bits per heavy atom. The van der Waals surface area contributed by atoms with Crippen molar-refractivity contribution < 1.29 is 14.7 Å². The van der Waals surface area contributed by atoms with Crippen LogP contribution < -0.4 is 0 Å². The van der Waals surface area contributed by atoms with E-state index in [-0.39, 0.29) is 5.69 Å². The minimum absolute atomic E-state index is 0.0902. The molecule has 1 N–H and O–H groups in total. The SMILES string of the molecule is CC=CCn1c(CC)c(C)c(C=O)c1C(=O)O. The normalized spacial score (nSPS) is 11.0. The minimum Gasteiger partial charge on any atom is -0.477 e. The number of carboxylic acids is 1. The zero-order chi connectivity index (χ0) is 13.0. The van der Waals surface area contributed by atoms with E-state index in [2.05, 4.69) is 0 Å². The quantitative estimate of drug-likeness (QED) is 0.630. The fourth-order valence-corrected chi connectivity index (χ4v) is 2.06. The highest BCUT2D eigenvalue weighted by molar-refractivity contribution is 5.97. The van der Waals surface area contributed by atoms with Gasteiger partial charge in [0.1, 0.15) is 5.69 Å². The molecule has 1 aromatic heterocycles. The van der Waals surface area contributed by atoms with Gasteiger partial charge in [-0.2, -0.15) is 0 Å². The molecule has 0 aliphatic carbocycles. The average Bonchev–Trinajstić information content (AvgIpc) is 2.58. The molecular formula is C13H17NO3. The number of nitrogens with zero attached hydrogens (tertiary/aromatic N) is 1. The van der Waals surface area contributed by atoms with Crippen LogP contribution in [-0.2, 0) is 13.0 Å². The fourth-order valence-electron chi connectivity index (χ4n) is 2.06. The summed E-state index contributed by atoms with van der Waals surface area (Å²) in [6.07, 6.45) is 5.07. The van der Waals surface area contributed by atoms with Crippen LogP contribution in [-0.4, -0.2) is 21.9 Å². The maximum atomic E-state index is 11.2. The molecule has 0 aromatic carbocycles. The third-order valence-electron chi connectivity index (χ3n) is 2.87. The molecule has 1 heterocycles. The van der Waals surface area contributed by atoms with Crippen molar-refractivity contribution in [2.45, 2.75) is 33.7 Å². The van der Waals surface area contributed by atoms with Crippen LogP contribution in [0, 0.1) is 6.92 Å². The van der Waals surface area contributed by atoms with Crippen molar-refractivity contribution in [3.63, 3.8) is 0 Å². The second-order valence-electron chi connectivity index (χ2n) is 3.79. The van der Waals surface area contributed by atoms with Gasteiger partial charge in [0.25, 0.3) is 0 Å². The number of carboxylic acid groups (broad SMARTS) is 1. The first-order valence-corrected chi connectivity index (χ1v) is 5.60. The second-order valence-corrected chi connectivity index (χ2v) is 3.79. The van der Waals surface area contributed by atoms with Crippen LogP contribution in [0.3, 0.4) is 0 Å². The van der Waals surface area contributed by atoms with Crippen molar-refractivity contribution >= 4 is 12.3 Å². The molecule has 0 spiro atoms. The number of hydrogen-bond acceptors (Lipinski definition) is 2. The van der Waals surface area contributed by atoms with Crippen molar-refractivity contribution in [1.82, 2.24) is 4.57 Å². The number of aldehydes is 1. The highest BCUT2D eigenvalue weighted by Crippen LogP contribution is 2.22. The van der Waals surface area contributed by atoms with Gasteiger partial charge in [0, 0.05) is 12.2 Å². The summed E-state index contributed by atoms with van der Waals surface area (Å²) in [5.41, 5.74) is 2.05. The van der Waals surface area contributed by atoms with Crippen molar-refractivity contribution in [2.75, 3.05) is 0 Å². The summed E-state index contributed by atoms with van der Waals surface area (Å²) < 4.78 is 1.70. The summed E-state index contributed by atoms with van der Waals surface area (Å²) in [7, 11) is 0. The molecule has 0 fully saturated rings. The van der Waals surface area contributed by atoms with Crippen molar-refractivity contribution in [2.24, 2.45) is 0 Å². The Balaban J connectivity index is 3.51. The van der Waals surface area contributed by atoms with E-state index in [0.29, 0.717) is 24.8 Å². The fraction of sp³-hybridized carbons (Fsp3) is 0.385. The maximum absolute atomic E-state index is 11.2. The Labute approximate surface area is 101 Å². The highest BCUT2D eigenvalue weighted by atomic mass is 16.4. The Kier molecular flexibility index (Phi) is 4.26. The summed E-state index contributed by atoms with van der Waals surface area (Å²) in [6.45, 7) is 6.11. The zero-order valence-electron chi connectivity index (χ0n) is 10.4. The molecule has 0 bridgehead atoms. The lowest BCUT2D eigenvalue weighted by Crippen LogP contribution is -2.11. The summed E-state index contributed by atoms with van der Waals surface area (Å²) in [5.74, 6) is -1.06. The van der Waals surface area contributed by atoms with Gasteiger partial charge in [0.2, 0.25) is 0 Å². The Morgan fingerprint density at radius 3 is 2.53 bits per heavy atom. The molecule has 17 heavy (non-hydrogen) atoms. The monoisotopic (exact) mass is 235 g/mol. The molecule has 0 saturated heterocycles. The lowest BCUT2D eigenvalue weighted by molar-refractivity contribution is 0.0682. The molecule has 0 aliphatic rings. The summed E-state index contributed by atoms with van der Waals surface area (Å²) in [6, 6.07) is 0. The van der Waals surface area contributed by atoms with Crippen LogP contribution in [0.4, 0.5) is 0 Å². The molecule has 0 aliphatic heterocycles. The first-order chi connectivity index (χ1) is 8.08. The summed E-state index contributed by atoms with van der Waals surface area (Å²) in [5, 5.41) is 9.21. The van der Waals surface area contributed by atoms with E-state index in [0.717, 1.165) is 11.3 Å². The van der Waals surface area contributed by atoms with Gasteiger partial charge in [0.05, 0.1) is 5.56 Å². The standard InChI is InChI=1S/C13H17NO3/c1-4-6-7-14-11(5-2)9(3)10(8-15)12(14)13(16)17/h4,6,8H,5,7H2,1-3H3,(H,16,17). The van der Waals surface area contributed by atoms with E-state index in [1.54, 1.807) is 11.5 Å². The number of carbonyl (C=O) groups is 2. The lowest BCUT2D eigenvalue weighted by atomic mass is 10.1. The van der Waals surface area contributed by atoms with Crippen LogP contribution >= 0.6 is 0 Å². The Hall–Kier alpha value is -1.84. The largest absolute Gasteiger partial charge is 0.477 e. The van der Waals surface area contributed by atoms with Crippen LogP contribution in [0.15, 0.2) is 12.2 Å². The van der Waals surface area contributed by atoms with Crippen molar-refractivity contribution in [1.29, 1.82) is 0 Å². The van der Waals surface area contributed by atoms with Gasteiger partial charge >= 0.3 is 5.97 Å². The molecule has 0 saturated carbocycles. The van der Waals surface area contributed by atoms with Gasteiger partial charge in [-0.05, 0) is 25.8 Å². The minimum atomic E-state index is -1.06. The van der Waals surface area contributed by atoms with E-state index >= 15 is 0 Å². The molecule has 0 unspecified atom stereocenters. The van der Waals surface area contributed by atoms with E-state index in [1.807, 2.05) is 26.0 Å². The van der Waals surface area contributed by atoms with E-state index in [1.165, 1.54) is 0 Å². The molecular weight excluding hydrogens is 218 g/mol. The number of rotatable bonds is 5. The molecule has 0 atom stereocenters. The Morgan fingerprint density at radius 1 is 1.47 bits per heavy atom. The van der Waals surface area contributed by atoms with Crippen molar-refractivity contribution in [3.8, 4) is 0 Å². The van der Waals surface area contributed by atoms with Crippen LogP contribution in [0.2, 0.25) is 0 Å². The predicted molar refractivity (Wildman–Crippen MR) is 65.7 cm³/mol. The van der Waals surface area contributed by atoms with Gasteiger partial charge < -0.3 is 9.67 Å². The first kappa shape index (κ1) is 13.2. The summed E-state index contributed by atoms with van der Waals surface area (Å²) >= 11 is 0. The van der Waals surface area contributed by atoms with Gasteiger partial charge in [0.15, 0.2) is 6.29 Å². The molecule has 4 heteroatoms. The zero-order valence-corrected chi connectivity index (χ0v) is 10.4. The summed E-state index contributed by atoms with van der Waals surface area (Å²) in [4.78, 5) is 22.3. The van der Waals surface area contributed by atoms with E-state index in [4.69, 9.17) is 0 Å². The third kappa shape index (κ3) is 2.30. The Bertz CT molecular complexity index is 469. The van der Waals surface area contributed by atoms with Gasteiger partial charge in [-0.25, -0.2) is 4.79 Å². The number of hydrogen-bond donors (Lipinski definition) is 1. The second kappa shape index (κ2) is 5.48. The van der Waals surface area contributed by atoms with Crippen LogP contribution in [0.1, 0.15) is 46.0 Å². The van der Waals surface area contributed by atoms with E-state index < -0.39 is 5.97 Å². The first-order valence-electron chi connectivity index (χ1n) is 5.60. The predicted octanol–water partition coefficient (Wildman–Crippen LogP) is 2.45. The van der Waals surface area contributed by atoms with Crippen LogP contribution in [0.25, 0.3) is 0 Å². The maximum Gasteiger partial charge on any atom is 0.353 e. The number of aromatic nitrogens is 1. The molecule has 92 valence electrons. The van der Waals surface area contributed by atoms with Gasteiger partial charge in [-0.15, -0.1) is 0 Å². The molecule has 1 rings (SSSR count). The highest BCUT2D eigenvalue weighted by Gasteiger charge is 2.22. The molecule has 0 radical (unpaired) electrons. The molecule has 0 amide bonds. The average molecular weight is 235 g/mol. The third-order valence-corrected chi connectivity index (χ3v) is 2.87.